The van der Waals surface area contributed by atoms with Gasteiger partial charge < -0.3 is 0 Å². The van der Waals surface area contributed by atoms with Gasteiger partial charge in [-0.2, -0.15) is 13.2 Å². The summed E-state index contributed by atoms with van der Waals surface area (Å²) < 4.78 is 38.1. The molecule has 3 rings (SSSR count). The number of rotatable bonds is 3. The standard InChI is InChI=1S/C18H12F3NO/c19-18(20,21)14-6-3-5-13(10-14)17(23)11-15-9-8-12-4-1-2-7-16(12)22-15/h1-10H,11H2. The third kappa shape index (κ3) is 3.39. The van der Waals surface area contributed by atoms with E-state index in [1.807, 2.05) is 30.3 Å². The van der Waals surface area contributed by atoms with E-state index in [0.717, 1.165) is 23.0 Å². The lowest BCUT2D eigenvalue weighted by molar-refractivity contribution is -0.137. The van der Waals surface area contributed by atoms with Gasteiger partial charge in [-0.05, 0) is 24.3 Å². The van der Waals surface area contributed by atoms with E-state index >= 15 is 0 Å². The van der Waals surface area contributed by atoms with E-state index in [4.69, 9.17) is 0 Å². The summed E-state index contributed by atoms with van der Waals surface area (Å²) in [6.45, 7) is 0. The number of halogens is 3. The zero-order chi connectivity index (χ0) is 16.4. The van der Waals surface area contributed by atoms with Gasteiger partial charge in [0.2, 0.25) is 0 Å². The van der Waals surface area contributed by atoms with Crippen LogP contribution in [0.5, 0.6) is 0 Å². The van der Waals surface area contributed by atoms with Crippen LogP contribution in [-0.2, 0) is 12.6 Å². The minimum atomic E-state index is -4.46. The zero-order valence-corrected chi connectivity index (χ0v) is 12.0. The Morgan fingerprint density at radius 1 is 0.957 bits per heavy atom. The van der Waals surface area contributed by atoms with Gasteiger partial charge in [0.05, 0.1) is 17.5 Å². The first kappa shape index (κ1) is 15.2. The molecule has 0 unspecified atom stereocenters. The molecular formula is C18H12F3NO. The van der Waals surface area contributed by atoms with E-state index in [0.29, 0.717) is 5.69 Å². The van der Waals surface area contributed by atoms with E-state index in [-0.39, 0.29) is 17.8 Å². The first-order valence-electron chi connectivity index (χ1n) is 6.98. The summed E-state index contributed by atoms with van der Waals surface area (Å²) in [6, 6.07) is 15.5. The van der Waals surface area contributed by atoms with E-state index in [2.05, 4.69) is 4.98 Å². The van der Waals surface area contributed by atoms with Crippen molar-refractivity contribution in [2.24, 2.45) is 0 Å². The molecule has 0 fully saturated rings. The van der Waals surface area contributed by atoms with Crippen molar-refractivity contribution in [1.29, 1.82) is 0 Å². The van der Waals surface area contributed by atoms with Crippen LogP contribution in [0.15, 0.2) is 60.7 Å². The second-order valence-electron chi connectivity index (χ2n) is 5.17. The van der Waals surface area contributed by atoms with Crippen molar-refractivity contribution in [3.63, 3.8) is 0 Å². The highest BCUT2D eigenvalue weighted by Crippen LogP contribution is 2.29. The molecule has 0 aliphatic carbocycles. The molecule has 0 saturated carbocycles. The number of Topliss-reactive ketones (excluding diaryl/α,β-unsaturated/α-hetero) is 1. The topological polar surface area (TPSA) is 30.0 Å². The van der Waals surface area contributed by atoms with E-state index in [1.54, 1.807) is 6.07 Å². The van der Waals surface area contributed by atoms with Crippen LogP contribution >= 0.6 is 0 Å². The Bertz CT molecular complexity index is 871. The molecule has 116 valence electrons. The molecule has 0 spiro atoms. The molecule has 5 heteroatoms. The second kappa shape index (κ2) is 5.83. The van der Waals surface area contributed by atoms with Crippen LogP contribution in [0.1, 0.15) is 21.6 Å². The number of ketones is 1. The summed E-state index contributed by atoms with van der Waals surface area (Å²) >= 11 is 0. The molecule has 0 amide bonds. The maximum atomic E-state index is 12.7. The van der Waals surface area contributed by atoms with Gasteiger partial charge in [0.15, 0.2) is 5.78 Å². The summed E-state index contributed by atoms with van der Waals surface area (Å²) in [7, 11) is 0. The molecule has 2 nitrogen and oxygen atoms in total. The highest BCUT2D eigenvalue weighted by molar-refractivity contribution is 5.97. The number of pyridine rings is 1. The Kier molecular flexibility index (Phi) is 3.86. The SMILES string of the molecule is O=C(Cc1ccc2ccccc2n1)c1cccc(C(F)(F)F)c1. The lowest BCUT2D eigenvalue weighted by Gasteiger charge is -2.08. The van der Waals surface area contributed by atoms with Gasteiger partial charge in [-0.1, -0.05) is 36.4 Å². The first-order chi connectivity index (χ1) is 10.9. The van der Waals surface area contributed by atoms with Crippen LogP contribution in [0.2, 0.25) is 0 Å². The molecule has 0 aliphatic rings. The van der Waals surface area contributed by atoms with Crippen LogP contribution in [-0.4, -0.2) is 10.8 Å². The summed E-state index contributed by atoms with van der Waals surface area (Å²) in [5, 5.41) is 0.947. The number of alkyl halides is 3. The van der Waals surface area contributed by atoms with Crippen molar-refractivity contribution in [2.45, 2.75) is 12.6 Å². The number of benzene rings is 2. The smallest absolute Gasteiger partial charge is 0.294 e. The van der Waals surface area contributed by atoms with Crippen molar-refractivity contribution >= 4 is 16.7 Å². The third-order valence-electron chi connectivity index (χ3n) is 3.51. The van der Waals surface area contributed by atoms with Gasteiger partial charge in [-0.3, -0.25) is 9.78 Å². The second-order valence-corrected chi connectivity index (χ2v) is 5.17. The average molecular weight is 315 g/mol. The molecule has 0 N–H and O–H groups in total. The quantitative estimate of drug-likeness (QED) is 0.657. The minimum absolute atomic E-state index is 0.0356. The molecule has 1 heterocycles. The zero-order valence-electron chi connectivity index (χ0n) is 12.0. The molecule has 0 atom stereocenters. The van der Waals surface area contributed by atoms with E-state index in [9.17, 15) is 18.0 Å². The third-order valence-corrected chi connectivity index (χ3v) is 3.51. The molecule has 1 aromatic heterocycles. The molecule has 23 heavy (non-hydrogen) atoms. The number of fused-ring (bicyclic) bond motifs is 1. The average Bonchev–Trinajstić information content (AvgIpc) is 2.54. The van der Waals surface area contributed by atoms with Gasteiger partial charge in [0.1, 0.15) is 0 Å². The fourth-order valence-corrected chi connectivity index (χ4v) is 2.34. The van der Waals surface area contributed by atoms with Crippen molar-refractivity contribution in [3.05, 3.63) is 77.5 Å². The summed E-state index contributed by atoms with van der Waals surface area (Å²) in [4.78, 5) is 16.6. The van der Waals surface area contributed by atoms with Crippen LogP contribution < -0.4 is 0 Å². The summed E-state index contributed by atoms with van der Waals surface area (Å²) in [5.41, 5.74) is 0.498. The minimum Gasteiger partial charge on any atom is -0.294 e. The van der Waals surface area contributed by atoms with E-state index in [1.165, 1.54) is 12.1 Å². The van der Waals surface area contributed by atoms with Gasteiger partial charge in [0, 0.05) is 16.6 Å². The molecule has 3 aromatic rings. The lowest BCUT2D eigenvalue weighted by Crippen LogP contribution is -2.09. The fourth-order valence-electron chi connectivity index (χ4n) is 2.34. The Morgan fingerprint density at radius 3 is 2.52 bits per heavy atom. The first-order valence-corrected chi connectivity index (χ1v) is 6.98. The van der Waals surface area contributed by atoms with Crippen LogP contribution in [0.4, 0.5) is 13.2 Å². The Balaban J connectivity index is 1.86. The fraction of sp³-hybridized carbons (Fsp3) is 0.111. The van der Waals surface area contributed by atoms with Crippen molar-refractivity contribution in [3.8, 4) is 0 Å². The van der Waals surface area contributed by atoms with E-state index < -0.39 is 11.7 Å². The molecule has 0 aliphatic heterocycles. The predicted molar refractivity (Wildman–Crippen MR) is 81.2 cm³/mol. The Hall–Kier alpha value is -2.69. The number of carbonyl (C=O) groups excluding carboxylic acids is 1. The number of hydrogen-bond acceptors (Lipinski definition) is 2. The van der Waals surface area contributed by atoms with Crippen molar-refractivity contribution < 1.29 is 18.0 Å². The molecule has 2 aromatic carbocycles. The summed E-state index contributed by atoms with van der Waals surface area (Å²) in [6.07, 6.45) is -4.50. The predicted octanol–water partition coefficient (Wildman–Crippen LogP) is 4.68. The Morgan fingerprint density at radius 2 is 1.74 bits per heavy atom. The van der Waals surface area contributed by atoms with Crippen molar-refractivity contribution in [2.75, 3.05) is 0 Å². The maximum Gasteiger partial charge on any atom is 0.416 e. The van der Waals surface area contributed by atoms with Crippen LogP contribution in [0.25, 0.3) is 10.9 Å². The number of hydrogen-bond donors (Lipinski definition) is 0. The monoisotopic (exact) mass is 315 g/mol. The van der Waals surface area contributed by atoms with Crippen LogP contribution in [0.3, 0.4) is 0 Å². The molecule has 0 bridgehead atoms. The van der Waals surface area contributed by atoms with Gasteiger partial charge in [-0.15, -0.1) is 0 Å². The molecule has 0 radical (unpaired) electrons. The highest BCUT2D eigenvalue weighted by atomic mass is 19.4. The number of aromatic nitrogens is 1. The number of para-hydroxylation sites is 1. The van der Waals surface area contributed by atoms with Crippen molar-refractivity contribution in [1.82, 2.24) is 4.98 Å². The highest BCUT2D eigenvalue weighted by Gasteiger charge is 2.30. The van der Waals surface area contributed by atoms with Crippen LogP contribution in [0, 0.1) is 0 Å². The normalized spacial score (nSPS) is 11.6. The number of nitrogens with zero attached hydrogens (tertiary/aromatic N) is 1. The lowest BCUT2D eigenvalue weighted by atomic mass is 10.0. The molecule has 0 saturated heterocycles. The Labute approximate surface area is 130 Å². The molecular weight excluding hydrogens is 303 g/mol. The largest absolute Gasteiger partial charge is 0.416 e. The van der Waals surface area contributed by atoms with Gasteiger partial charge in [0.25, 0.3) is 0 Å². The number of carbonyl (C=O) groups is 1. The van der Waals surface area contributed by atoms with Gasteiger partial charge in [-0.25, -0.2) is 0 Å². The summed E-state index contributed by atoms with van der Waals surface area (Å²) in [5.74, 6) is -0.390. The van der Waals surface area contributed by atoms with Gasteiger partial charge >= 0.3 is 6.18 Å². The maximum absolute atomic E-state index is 12.7.